The van der Waals surface area contributed by atoms with E-state index in [0.717, 1.165) is 18.6 Å². The molecule has 1 heterocycles. The van der Waals surface area contributed by atoms with Crippen molar-refractivity contribution < 1.29 is 9.21 Å². The number of benzene rings is 1. The summed E-state index contributed by atoms with van der Waals surface area (Å²) >= 11 is 3.40. The van der Waals surface area contributed by atoms with Crippen LogP contribution >= 0.6 is 15.9 Å². The molecular weight excluding hydrogens is 320 g/mol. The minimum Gasteiger partial charge on any atom is -0.467 e. The highest BCUT2D eigenvalue weighted by molar-refractivity contribution is 9.10. The number of rotatable bonds is 4. The predicted octanol–water partition coefficient (Wildman–Crippen LogP) is 3.43. The van der Waals surface area contributed by atoms with Crippen molar-refractivity contribution in [1.82, 2.24) is 4.90 Å². The zero-order chi connectivity index (χ0) is 14.1. The number of amides is 1. The number of carbonyl (C=O) groups excluding carboxylic acids is 1. The lowest BCUT2D eigenvalue weighted by atomic mass is 10.1. The van der Waals surface area contributed by atoms with Crippen LogP contribution in [0.4, 0.5) is 5.69 Å². The van der Waals surface area contributed by atoms with Crippen molar-refractivity contribution in [3.8, 4) is 0 Å². The Labute approximate surface area is 125 Å². The van der Waals surface area contributed by atoms with Gasteiger partial charge in [0.15, 0.2) is 0 Å². The molecule has 1 fully saturated rings. The molecule has 104 valence electrons. The zero-order valence-corrected chi connectivity index (χ0v) is 12.5. The second-order valence-corrected chi connectivity index (χ2v) is 5.75. The van der Waals surface area contributed by atoms with Gasteiger partial charge in [-0.3, -0.25) is 4.79 Å². The molecule has 1 aromatic carbocycles. The predicted molar refractivity (Wildman–Crippen MR) is 80.2 cm³/mol. The molecule has 1 saturated carbocycles. The van der Waals surface area contributed by atoms with Crippen LogP contribution in [-0.2, 0) is 6.54 Å². The maximum atomic E-state index is 12.7. The lowest BCUT2D eigenvalue weighted by Crippen LogP contribution is -2.32. The van der Waals surface area contributed by atoms with Gasteiger partial charge in [0.2, 0.25) is 0 Å². The fourth-order valence-corrected chi connectivity index (χ4v) is 2.63. The van der Waals surface area contributed by atoms with Crippen molar-refractivity contribution in [3.63, 3.8) is 0 Å². The molecule has 0 aliphatic heterocycles. The summed E-state index contributed by atoms with van der Waals surface area (Å²) in [6.07, 6.45) is 3.72. The third-order valence-corrected chi connectivity index (χ3v) is 4.30. The molecule has 0 unspecified atom stereocenters. The van der Waals surface area contributed by atoms with E-state index in [1.807, 2.05) is 17.0 Å². The second-order valence-electron chi connectivity index (χ2n) is 4.95. The van der Waals surface area contributed by atoms with E-state index in [1.165, 1.54) is 0 Å². The van der Waals surface area contributed by atoms with Gasteiger partial charge in [-0.25, -0.2) is 0 Å². The van der Waals surface area contributed by atoms with Crippen LogP contribution in [0.1, 0.15) is 29.0 Å². The molecule has 0 radical (unpaired) electrons. The summed E-state index contributed by atoms with van der Waals surface area (Å²) in [5, 5.41) is 0. The highest BCUT2D eigenvalue weighted by atomic mass is 79.9. The Kier molecular flexibility index (Phi) is 3.53. The first-order valence-electron chi connectivity index (χ1n) is 6.54. The smallest absolute Gasteiger partial charge is 0.255 e. The van der Waals surface area contributed by atoms with Gasteiger partial charge in [0.25, 0.3) is 5.91 Å². The van der Waals surface area contributed by atoms with Crippen LogP contribution in [-0.4, -0.2) is 16.8 Å². The number of carbonyl (C=O) groups is 1. The van der Waals surface area contributed by atoms with Crippen molar-refractivity contribution in [2.45, 2.75) is 25.4 Å². The monoisotopic (exact) mass is 334 g/mol. The number of nitrogen functional groups attached to an aromatic ring is 1. The summed E-state index contributed by atoms with van der Waals surface area (Å²) in [4.78, 5) is 14.6. The molecule has 4 nitrogen and oxygen atoms in total. The number of halogens is 1. The third-order valence-electron chi connectivity index (χ3n) is 3.41. The molecule has 0 atom stereocenters. The van der Waals surface area contributed by atoms with Crippen LogP contribution in [0.15, 0.2) is 45.5 Å². The number of hydrogen-bond donors (Lipinski definition) is 1. The Balaban J connectivity index is 1.87. The normalized spacial score (nSPS) is 14.2. The average molecular weight is 335 g/mol. The van der Waals surface area contributed by atoms with Gasteiger partial charge in [0.1, 0.15) is 5.76 Å². The van der Waals surface area contributed by atoms with Gasteiger partial charge in [-0.2, -0.15) is 0 Å². The molecule has 1 aliphatic rings. The van der Waals surface area contributed by atoms with Crippen LogP contribution < -0.4 is 5.73 Å². The Hall–Kier alpha value is -1.75. The van der Waals surface area contributed by atoms with Crippen LogP contribution in [0.2, 0.25) is 0 Å². The summed E-state index contributed by atoms with van der Waals surface area (Å²) in [6, 6.07) is 9.39. The molecule has 0 saturated heterocycles. The van der Waals surface area contributed by atoms with E-state index in [0.29, 0.717) is 28.3 Å². The molecule has 3 rings (SSSR count). The number of anilines is 1. The van der Waals surface area contributed by atoms with Crippen LogP contribution in [0.3, 0.4) is 0 Å². The Bertz CT molecular complexity index is 621. The van der Waals surface area contributed by atoms with Crippen molar-refractivity contribution in [2.75, 3.05) is 5.73 Å². The van der Waals surface area contributed by atoms with E-state index in [1.54, 1.807) is 24.5 Å². The van der Waals surface area contributed by atoms with Gasteiger partial charge in [-0.1, -0.05) is 6.07 Å². The maximum absolute atomic E-state index is 12.7. The van der Waals surface area contributed by atoms with Gasteiger partial charge in [0, 0.05) is 11.7 Å². The van der Waals surface area contributed by atoms with Crippen molar-refractivity contribution in [2.24, 2.45) is 0 Å². The molecule has 5 heteroatoms. The summed E-state index contributed by atoms with van der Waals surface area (Å²) in [5.74, 6) is 0.786. The fourth-order valence-electron chi connectivity index (χ4n) is 2.19. The van der Waals surface area contributed by atoms with E-state index in [9.17, 15) is 4.79 Å². The summed E-state index contributed by atoms with van der Waals surface area (Å²) < 4.78 is 6.01. The van der Waals surface area contributed by atoms with Crippen LogP contribution in [0, 0.1) is 0 Å². The quantitative estimate of drug-likeness (QED) is 0.871. The van der Waals surface area contributed by atoms with Crippen LogP contribution in [0.25, 0.3) is 0 Å². The number of nitrogens with zero attached hydrogens (tertiary/aromatic N) is 1. The van der Waals surface area contributed by atoms with Gasteiger partial charge in [-0.05, 0) is 53.0 Å². The first-order chi connectivity index (χ1) is 9.66. The molecule has 1 aromatic heterocycles. The molecule has 2 N–H and O–H groups in total. The number of hydrogen-bond acceptors (Lipinski definition) is 3. The maximum Gasteiger partial charge on any atom is 0.255 e. The highest BCUT2D eigenvalue weighted by Crippen LogP contribution is 2.32. The Morgan fingerprint density at radius 1 is 1.35 bits per heavy atom. The van der Waals surface area contributed by atoms with Crippen molar-refractivity contribution in [1.29, 1.82) is 0 Å². The van der Waals surface area contributed by atoms with E-state index < -0.39 is 0 Å². The molecule has 2 aromatic rings. The zero-order valence-electron chi connectivity index (χ0n) is 10.9. The van der Waals surface area contributed by atoms with Gasteiger partial charge in [0.05, 0.1) is 22.8 Å². The highest BCUT2D eigenvalue weighted by Gasteiger charge is 2.34. The Morgan fingerprint density at radius 3 is 2.80 bits per heavy atom. The fraction of sp³-hybridized carbons (Fsp3) is 0.267. The van der Waals surface area contributed by atoms with E-state index in [2.05, 4.69) is 15.9 Å². The Morgan fingerprint density at radius 2 is 2.15 bits per heavy atom. The molecule has 0 bridgehead atoms. The van der Waals surface area contributed by atoms with E-state index >= 15 is 0 Å². The minimum absolute atomic E-state index is 0.0110. The molecule has 1 aliphatic carbocycles. The van der Waals surface area contributed by atoms with E-state index in [-0.39, 0.29) is 5.91 Å². The lowest BCUT2D eigenvalue weighted by Gasteiger charge is -2.22. The number of furan rings is 1. The SMILES string of the molecule is Nc1cccc(C(=O)N(Cc2ccco2)C2CC2)c1Br. The molecular formula is C15H15BrN2O2. The van der Waals surface area contributed by atoms with Crippen LogP contribution in [0.5, 0.6) is 0 Å². The lowest BCUT2D eigenvalue weighted by molar-refractivity contribution is 0.0716. The van der Waals surface area contributed by atoms with E-state index in [4.69, 9.17) is 10.2 Å². The molecule has 1 amide bonds. The van der Waals surface area contributed by atoms with Crippen molar-refractivity contribution >= 4 is 27.5 Å². The summed E-state index contributed by atoms with van der Waals surface area (Å²) in [5.41, 5.74) is 7.02. The number of nitrogens with two attached hydrogens (primary N) is 1. The summed E-state index contributed by atoms with van der Waals surface area (Å²) in [7, 11) is 0. The second kappa shape index (κ2) is 5.32. The van der Waals surface area contributed by atoms with Gasteiger partial charge in [-0.15, -0.1) is 0 Å². The third kappa shape index (κ3) is 2.58. The average Bonchev–Trinajstić information content (AvgIpc) is 3.15. The van der Waals surface area contributed by atoms with Crippen molar-refractivity contribution in [3.05, 3.63) is 52.4 Å². The van der Waals surface area contributed by atoms with Gasteiger partial charge < -0.3 is 15.1 Å². The standard InChI is InChI=1S/C15H15BrN2O2/c16-14-12(4-1-5-13(14)17)15(19)18(10-6-7-10)9-11-3-2-8-20-11/h1-5,8,10H,6-7,9,17H2. The van der Waals surface area contributed by atoms with Gasteiger partial charge >= 0.3 is 0 Å². The first-order valence-corrected chi connectivity index (χ1v) is 7.33. The largest absolute Gasteiger partial charge is 0.467 e. The summed E-state index contributed by atoms with van der Waals surface area (Å²) in [6.45, 7) is 0.498. The molecule has 0 spiro atoms. The molecule has 20 heavy (non-hydrogen) atoms. The minimum atomic E-state index is -0.0110. The first kappa shape index (κ1) is 13.2. The topological polar surface area (TPSA) is 59.5 Å².